The maximum Gasteiger partial charge on any atom is 0.214 e. The van der Waals surface area contributed by atoms with Gasteiger partial charge >= 0.3 is 0 Å². The number of imidazole rings is 1. The molecule has 0 aliphatic carbocycles. The largest absolute Gasteiger partial charge is 0.377 e. The summed E-state index contributed by atoms with van der Waals surface area (Å²) in [5.74, 6) is 1.48. The van der Waals surface area contributed by atoms with Gasteiger partial charge in [-0.1, -0.05) is 0 Å². The van der Waals surface area contributed by atoms with E-state index in [-0.39, 0.29) is 11.9 Å². The van der Waals surface area contributed by atoms with Crippen LogP contribution in [0, 0.1) is 5.92 Å². The van der Waals surface area contributed by atoms with Crippen molar-refractivity contribution in [1.29, 1.82) is 0 Å². The molecule has 0 amide bonds. The molecular weight excluding hydrogens is 290 g/mol. The van der Waals surface area contributed by atoms with Gasteiger partial charge in [0.1, 0.15) is 5.82 Å². The van der Waals surface area contributed by atoms with Crippen LogP contribution < -0.4 is 4.72 Å². The van der Waals surface area contributed by atoms with E-state index >= 15 is 0 Å². The first-order valence-electron chi connectivity index (χ1n) is 7.71. The molecule has 2 aliphatic rings. The van der Waals surface area contributed by atoms with E-state index in [2.05, 4.69) is 14.3 Å². The number of nitrogens with one attached hydrogen (secondary N) is 1. The van der Waals surface area contributed by atoms with Crippen molar-refractivity contribution in [3.63, 3.8) is 0 Å². The van der Waals surface area contributed by atoms with Crippen molar-refractivity contribution in [2.45, 2.75) is 44.8 Å². The number of rotatable bonds is 5. The number of fused-ring (bicyclic) bond motifs is 1. The number of ether oxygens (including phenoxy) is 1. The number of aromatic nitrogens is 2. The van der Waals surface area contributed by atoms with Crippen LogP contribution in [0.2, 0.25) is 0 Å². The van der Waals surface area contributed by atoms with Gasteiger partial charge in [-0.3, -0.25) is 0 Å². The molecule has 1 saturated heterocycles. The molecule has 7 heteroatoms. The fraction of sp³-hybridized carbons (Fsp3) is 0.786. The summed E-state index contributed by atoms with van der Waals surface area (Å²) in [4.78, 5) is 4.31. The quantitative estimate of drug-likeness (QED) is 0.878. The summed E-state index contributed by atoms with van der Waals surface area (Å²) in [5, 5.41) is 0. The molecule has 21 heavy (non-hydrogen) atoms. The van der Waals surface area contributed by atoms with Crippen LogP contribution in [0.5, 0.6) is 0 Å². The fourth-order valence-corrected chi connectivity index (χ4v) is 4.44. The summed E-state index contributed by atoms with van der Waals surface area (Å²) in [5.41, 5.74) is 0. The number of sulfonamides is 1. The fourth-order valence-electron chi connectivity index (χ4n) is 3.08. The van der Waals surface area contributed by atoms with Gasteiger partial charge in [0.25, 0.3) is 0 Å². The van der Waals surface area contributed by atoms with Crippen LogP contribution in [0.1, 0.15) is 31.5 Å². The van der Waals surface area contributed by atoms with Crippen LogP contribution >= 0.6 is 0 Å². The molecule has 118 valence electrons. The molecule has 1 aromatic rings. The first kappa shape index (κ1) is 15.0. The molecule has 1 N–H and O–H groups in total. The van der Waals surface area contributed by atoms with Gasteiger partial charge < -0.3 is 9.30 Å². The lowest BCUT2D eigenvalue weighted by Gasteiger charge is -2.25. The molecule has 3 rings (SSSR count). The molecule has 2 aliphatic heterocycles. The van der Waals surface area contributed by atoms with E-state index in [4.69, 9.17) is 4.74 Å². The van der Waals surface area contributed by atoms with Crippen LogP contribution in [0.25, 0.3) is 0 Å². The van der Waals surface area contributed by atoms with Crippen LogP contribution in [-0.2, 0) is 27.7 Å². The molecule has 0 unspecified atom stereocenters. The number of nitrogens with zero attached hydrogens (tertiary/aromatic N) is 2. The Morgan fingerprint density at radius 2 is 2.29 bits per heavy atom. The molecule has 0 saturated carbocycles. The highest BCUT2D eigenvalue weighted by atomic mass is 32.2. The van der Waals surface area contributed by atoms with Crippen LogP contribution in [0.4, 0.5) is 0 Å². The molecule has 0 spiro atoms. The van der Waals surface area contributed by atoms with E-state index in [1.807, 2.05) is 12.4 Å². The molecule has 0 aromatic carbocycles. The van der Waals surface area contributed by atoms with Crippen molar-refractivity contribution >= 4 is 10.0 Å². The zero-order valence-electron chi connectivity index (χ0n) is 12.2. The van der Waals surface area contributed by atoms with E-state index in [9.17, 15) is 8.42 Å². The summed E-state index contributed by atoms with van der Waals surface area (Å²) in [7, 11) is -3.25. The average Bonchev–Trinajstić information content (AvgIpc) is 2.93. The second kappa shape index (κ2) is 6.46. The molecule has 3 heterocycles. The molecule has 1 aromatic heterocycles. The Bertz CT molecular complexity index is 564. The predicted molar refractivity (Wildman–Crippen MR) is 79.4 cm³/mol. The van der Waals surface area contributed by atoms with Gasteiger partial charge in [0, 0.05) is 38.5 Å². The van der Waals surface area contributed by atoms with E-state index in [0.29, 0.717) is 19.1 Å². The standard InChI is InChI=1S/C14H23N3O3S/c18-21(19,11-13-3-1-2-8-20-13)16-10-12-4-6-17-7-5-15-14(17)9-12/h5,7,12-13,16H,1-4,6,8-11H2/t12-,13+/m0/s1. The van der Waals surface area contributed by atoms with E-state index < -0.39 is 10.0 Å². The Labute approximate surface area is 125 Å². The van der Waals surface area contributed by atoms with Gasteiger partial charge in [0.05, 0.1) is 11.9 Å². The first-order valence-corrected chi connectivity index (χ1v) is 9.36. The van der Waals surface area contributed by atoms with Gasteiger partial charge in [-0.15, -0.1) is 0 Å². The lowest BCUT2D eigenvalue weighted by atomic mass is 9.98. The third-order valence-corrected chi connectivity index (χ3v) is 5.74. The topological polar surface area (TPSA) is 73.2 Å². The zero-order valence-corrected chi connectivity index (χ0v) is 13.0. The third-order valence-electron chi connectivity index (χ3n) is 4.32. The summed E-state index contributed by atoms with van der Waals surface area (Å²) in [6, 6.07) is 0. The minimum absolute atomic E-state index is 0.0916. The maximum absolute atomic E-state index is 12.1. The second-order valence-corrected chi connectivity index (χ2v) is 7.87. The monoisotopic (exact) mass is 313 g/mol. The first-order chi connectivity index (χ1) is 10.1. The van der Waals surface area contributed by atoms with Crippen molar-refractivity contribution < 1.29 is 13.2 Å². The van der Waals surface area contributed by atoms with Crippen LogP contribution in [-0.4, -0.2) is 43.0 Å². The minimum Gasteiger partial charge on any atom is -0.377 e. The van der Waals surface area contributed by atoms with E-state index in [0.717, 1.165) is 44.5 Å². The summed E-state index contributed by atoms with van der Waals surface area (Å²) >= 11 is 0. The van der Waals surface area contributed by atoms with Crippen molar-refractivity contribution in [3.05, 3.63) is 18.2 Å². The van der Waals surface area contributed by atoms with Crippen molar-refractivity contribution in [2.75, 3.05) is 18.9 Å². The Hall–Kier alpha value is -0.920. The lowest BCUT2D eigenvalue weighted by Crippen LogP contribution is -2.38. The molecule has 1 fully saturated rings. The van der Waals surface area contributed by atoms with Gasteiger partial charge in [-0.25, -0.2) is 18.1 Å². The molecule has 2 atom stereocenters. The highest BCUT2D eigenvalue weighted by Gasteiger charge is 2.24. The average molecular weight is 313 g/mol. The Morgan fingerprint density at radius 1 is 1.38 bits per heavy atom. The third kappa shape index (κ3) is 4.05. The summed E-state index contributed by atoms with van der Waals surface area (Å²) in [6.07, 6.45) is 8.44. The maximum atomic E-state index is 12.1. The van der Waals surface area contributed by atoms with E-state index in [1.54, 1.807) is 0 Å². The number of hydrogen-bond donors (Lipinski definition) is 1. The van der Waals surface area contributed by atoms with Gasteiger partial charge in [-0.05, 0) is 31.6 Å². The van der Waals surface area contributed by atoms with E-state index in [1.165, 1.54) is 0 Å². The zero-order chi connectivity index (χ0) is 14.7. The molecule has 0 radical (unpaired) electrons. The highest BCUT2D eigenvalue weighted by Crippen LogP contribution is 2.19. The van der Waals surface area contributed by atoms with Crippen LogP contribution in [0.3, 0.4) is 0 Å². The summed E-state index contributed by atoms with van der Waals surface area (Å²) < 4.78 is 34.7. The molecule has 6 nitrogen and oxygen atoms in total. The Balaban J connectivity index is 1.48. The van der Waals surface area contributed by atoms with Crippen molar-refractivity contribution in [2.24, 2.45) is 5.92 Å². The molecule has 0 bridgehead atoms. The van der Waals surface area contributed by atoms with Gasteiger partial charge in [-0.2, -0.15) is 0 Å². The SMILES string of the molecule is O=S(=O)(C[C@H]1CCCCO1)NC[C@H]1CCn2ccnc2C1. The summed E-state index contributed by atoms with van der Waals surface area (Å²) in [6.45, 7) is 2.11. The smallest absolute Gasteiger partial charge is 0.214 e. The number of hydrogen-bond acceptors (Lipinski definition) is 4. The number of aryl methyl sites for hydroxylation is 1. The van der Waals surface area contributed by atoms with Crippen molar-refractivity contribution in [3.8, 4) is 0 Å². The second-order valence-electron chi connectivity index (χ2n) is 6.01. The van der Waals surface area contributed by atoms with Gasteiger partial charge in [0.2, 0.25) is 10.0 Å². The Morgan fingerprint density at radius 3 is 3.10 bits per heavy atom. The van der Waals surface area contributed by atoms with Crippen LogP contribution in [0.15, 0.2) is 12.4 Å². The highest BCUT2D eigenvalue weighted by molar-refractivity contribution is 7.89. The minimum atomic E-state index is -3.25. The van der Waals surface area contributed by atoms with Gasteiger partial charge in [0.15, 0.2) is 0 Å². The van der Waals surface area contributed by atoms with Crippen molar-refractivity contribution in [1.82, 2.24) is 14.3 Å². The Kier molecular flexibility index (Phi) is 4.61. The lowest BCUT2D eigenvalue weighted by molar-refractivity contribution is 0.0304. The predicted octanol–water partition coefficient (Wildman–Crippen LogP) is 0.934. The molecular formula is C14H23N3O3S. The normalized spacial score (nSPS) is 26.5.